The third kappa shape index (κ3) is 4.80. The summed E-state index contributed by atoms with van der Waals surface area (Å²) in [6.07, 6.45) is 0.775. The third-order valence-corrected chi connectivity index (χ3v) is 6.29. The molecule has 0 spiro atoms. The van der Waals surface area contributed by atoms with Gasteiger partial charge in [-0.15, -0.1) is 0 Å². The van der Waals surface area contributed by atoms with Crippen molar-refractivity contribution in [2.24, 2.45) is 0 Å². The van der Waals surface area contributed by atoms with Crippen LogP contribution in [0.4, 0.5) is 0 Å². The molecule has 1 aliphatic rings. The van der Waals surface area contributed by atoms with E-state index in [-0.39, 0.29) is 6.04 Å². The van der Waals surface area contributed by atoms with Crippen LogP contribution in [0.5, 0.6) is 11.5 Å². The standard InChI is InChI=1S/C20H26N2O4S/c1-15-5-4-6-19(11-15)27(23,24)21-17-9-10-22(14-17)13-16-12-18(25-2)7-8-20(16)26-3/h4-8,11-12,17,21H,9-10,13-14H2,1-3H3. The van der Waals surface area contributed by atoms with Gasteiger partial charge >= 0.3 is 0 Å². The van der Waals surface area contributed by atoms with Gasteiger partial charge in [-0.2, -0.15) is 0 Å². The van der Waals surface area contributed by atoms with Crippen molar-refractivity contribution in [1.29, 1.82) is 0 Å². The zero-order chi connectivity index (χ0) is 19.4. The number of hydrogen-bond acceptors (Lipinski definition) is 5. The summed E-state index contributed by atoms with van der Waals surface area (Å²) < 4.78 is 38.8. The van der Waals surface area contributed by atoms with Gasteiger partial charge < -0.3 is 9.47 Å². The Labute approximate surface area is 161 Å². The molecule has 1 heterocycles. The van der Waals surface area contributed by atoms with Crippen LogP contribution >= 0.6 is 0 Å². The van der Waals surface area contributed by atoms with Crippen LogP contribution in [0.25, 0.3) is 0 Å². The van der Waals surface area contributed by atoms with Gasteiger partial charge in [0.25, 0.3) is 0 Å². The fourth-order valence-electron chi connectivity index (χ4n) is 3.39. The summed E-state index contributed by atoms with van der Waals surface area (Å²) >= 11 is 0. The van der Waals surface area contributed by atoms with Crippen molar-refractivity contribution in [2.75, 3.05) is 27.3 Å². The molecule has 0 bridgehead atoms. The molecule has 27 heavy (non-hydrogen) atoms. The summed E-state index contributed by atoms with van der Waals surface area (Å²) in [5.74, 6) is 1.58. The summed E-state index contributed by atoms with van der Waals surface area (Å²) in [7, 11) is -0.224. The molecular weight excluding hydrogens is 364 g/mol. The van der Waals surface area contributed by atoms with Crippen LogP contribution in [0.15, 0.2) is 47.4 Å². The minimum Gasteiger partial charge on any atom is -0.497 e. The molecule has 0 aromatic heterocycles. The molecular formula is C20H26N2O4S. The number of hydrogen-bond donors (Lipinski definition) is 1. The fraction of sp³-hybridized carbons (Fsp3) is 0.400. The van der Waals surface area contributed by atoms with E-state index in [1.54, 1.807) is 32.4 Å². The molecule has 2 aromatic carbocycles. The first-order valence-electron chi connectivity index (χ1n) is 8.93. The topological polar surface area (TPSA) is 67.9 Å². The van der Waals surface area contributed by atoms with E-state index < -0.39 is 10.0 Å². The predicted molar refractivity (Wildman–Crippen MR) is 105 cm³/mol. The molecule has 0 aliphatic carbocycles. The van der Waals surface area contributed by atoms with Gasteiger partial charge in [0, 0.05) is 31.2 Å². The van der Waals surface area contributed by atoms with Gasteiger partial charge in [0.2, 0.25) is 10.0 Å². The van der Waals surface area contributed by atoms with Gasteiger partial charge in [0.15, 0.2) is 0 Å². The Balaban J connectivity index is 1.65. The maximum absolute atomic E-state index is 12.6. The second-order valence-corrected chi connectivity index (χ2v) is 8.55. The number of rotatable bonds is 7. The predicted octanol–water partition coefficient (Wildman–Crippen LogP) is 2.57. The minimum atomic E-state index is -3.51. The maximum Gasteiger partial charge on any atom is 0.240 e. The van der Waals surface area contributed by atoms with Crippen LogP contribution in [0.1, 0.15) is 17.5 Å². The Morgan fingerprint density at radius 3 is 2.67 bits per heavy atom. The Kier molecular flexibility index (Phi) is 6.04. The Bertz CT molecular complexity index is 899. The van der Waals surface area contributed by atoms with Crippen LogP contribution < -0.4 is 14.2 Å². The number of aryl methyl sites for hydroxylation is 1. The number of methoxy groups -OCH3 is 2. The maximum atomic E-state index is 12.6. The normalized spacial score (nSPS) is 17.8. The first kappa shape index (κ1) is 19.7. The molecule has 3 rings (SSSR count). The lowest BCUT2D eigenvalue weighted by molar-refractivity contribution is 0.313. The number of likely N-dealkylation sites (tertiary alicyclic amines) is 1. The summed E-state index contributed by atoms with van der Waals surface area (Å²) in [4.78, 5) is 2.54. The van der Waals surface area contributed by atoms with Crippen molar-refractivity contribution in [3.8, 4) is 11.5 Å². The Morgan fingerprint density at radius 2 is 1.96 bits per heavy atom. The molecule has 6 nitrogen and oxygen atoms in total. The van der Waals surface area contributed by atoms with E-state index >= 15 is 0 Å². The number of nitrogens with one attached hydrogen (secondary N) is 1. The van der Waals surface area contributed by atoms with Crippen molar-refractivity contribution < 1.29 is 17.9 Å². The molecule has 0 amide bonds. The monoisotopic (exact) mass is 390 g/mol. The zero-order valence-corrected chi connectivity index (χ0v) is 16.8. The second kappa shape index (κ2) is 8.29. The number of ether oxygens (including phenoxy) is 2. The van der Waals surface area contributed by atoms with Crippen molar-refractivity contribution >= 4 is 10.0 Å². The highest BCUT2D eigenvalue weighted by Gasteiger charge is 2.27. The molecule has 1 atom stereocenters. The van der Waals surface area contributed by atoms with E-state index in [1.165, 1.54) is 0 Å². The molecule has 0 radical (unpaired) electrons. The van der Waals surface area contributed by atoms with Crippen LogP contribution in [-0.2, 0) is 16.6 Å². The van der Waals surface area contributed by atoms with Gasteiger partial charge in [-0.25, -0.2) is 13.1 Å². The molecule has 2 aromatic rings. The van der Waals surface area contributed by atoms with E-state index in [2.05, 4.69) is 9.62 Å². The van der Waals surface area contributed by atoms with E-state index in [0.29, 0.717) is 18.0 Å². The van der Waals surface area contributed by atoms with Gasteiger partial charge in [0.05, 0.1) is 19.1 Å². The number of nitrogens with zero attached hydrogens (tertiary/aromatic N) is 1. The van der Waals surface area contributed by atoms with Gasteiger partial charge in [0.1, 0.15) is 11.5 Å². The van der Waals surface area contributed by atoms with E-state index in [4.69, 9.17) is 9.47 Å². The van der Waals surface area contributed by atoms with Crippen LogP contribution in [-0.4, -0.2) is 46.7 Å². The fourth-order valence-corrected chi connectivity index (χ4v) is 4.75. The lowest BCUT2D eigenvalue weighted by Gasteiger charge is -2.19. The van der Waals surface area contributed by atoms with Crippen LogP contribution in [0, 0.1) is 6.92 Å². The van der Waals surface area contributed by atoms with Crippen molar-refractivity contribution in [1.82, 2.24) is 9.62 Å². The van der Waals surface area contributed by atoms with Gasteiger partial charge in [-0.05, 0) is 49.2 Å². The molecule has 1 saturated heterocycles. The summed E-state index contributed by atoms with van der Waals surface area (Å²) in [6, 6.07) is 12.6. The summed E-state index contributed by atoms with van der Waals surface area (Å²) in [5.41, 5.74) is 1.95. The quantitative estimate of drug-likeness (QED) is 0.787. The van der Waals surface area contributed by atoms with Crippen LogP contribution in [0.2, 0.25) is 0 Å². The zero-order valence-electron chi connectivity index (χ0n) is 15.9. The molecule has 1 N–H and O–H groups in total. The van der Waals surface area contributed by atoms with Crippen molar-refractivity contribution in [2.45, 2.75) is 30.8 Å². The highest BCUT2D eigenvalue weighted by molar-refractivity contribution is 7.89. The summed E-state index contributed by atoms with van der Waals surface area (Å²) in [5, 5.41) is 0. The van der Waals surface area contributed by atoms with E-state index in [0.717, 1.165) is 35.6 Å². The number of benzene rings is 2. The SMILES string of the molecule is COc1ccc(OC)c(CN2CCC(NS(=O)(=O)c3cccc(C)c3)C2)c1. The third-order valence-electron chi connectivity index (χ3n) is 4.78. The highest BCUT2D eigenvalue weighted by Crippen LogP contribution is 2.26. The first-order chi connectivity index (χ1) is 12.9. The molecule has 0 saturated carbocycles. The number of sulfonamides is 1. The average Bonchev–Trinajstić information content (AvgIpc) is 3.07. The summed E-state index contributed by atoms with van der Waals surface area (Å²) in [6.45, 7) is 4.05. The Hall–Kier alpha value is -2.09. The molecule has 1 fully saturated rings. The molecule has 1 unspecified atom stereocenters. The van der Waals surface area contributed by atoms with Crippen LogP contribution in [0.3, 0.4) is 0 Å². The second-order valence-electron chi connectivity index (χ2n) is 6.84. The average molecular weight is 391 g/mol. The van der Waals surface area contributed by atoms with E-state index in [9.17, 15) is 8.42 Å². The van der Waals surface area contributed by atoms with Gasteiger partial charge in [-0.1, -0.05) is 12.1 Å². The molecule has 1 aliphatic heterocycles. The highest BCUT2D eigenvalue weighted by atomic mass is 32.2. The smallest absolute Gasteiger partial charge is 0.240 e. The Morgan fingerprint density at radius 1 is 1.15 bits per heavy atom. The molecule has 146 valence electrons. The van der Waals surface area contributed by atoms with Crippen molar-refractivity contribution in [3.63, 3.8) is 0 Å². The molecule has 7 heteroatoms. The largest absolute Gasteiger partial charge is 0.497 e. The first-order valence-corrected chi connectivity index (χ1v) is 10.4. The lowest BCUT2D eigenvalue weighted by atomic mass is 10.1. The lowest BCUT2D eigenvalue weighted by Crippen LogP contribution is -2.37. The minimum absolute atomic E-state index is 0.105. The van der Waals surface area contributed by atoms with Gasteiger partial charge in [-0.3, -0.25) is 4.90 Å². The van der Waals surface area contributed by atoms with E-state index in [1.807, 2.05) is 31.2 Å². The van der Waals surface area contributed by atoms with Crippen molar-refractivity contribution in [3.05, 3.63) is 53.6 Å².